The normalized spacial score (nSPS) is 11.0. The highest BCUT2D eigenvalue weighted by molar-refractivity contribution is 6.29. The largest absolute Gasteiger partial charge is 0.467 e. The predicted octanol–water partition coefficient (Wildman–Crippen LogP) is 1.49. The van der Waals surface area contributed by atoms with Gasteiger partial charge in [0.25, 0.3) is 5.91 Å². The molecule has 0 aromatic carbocycles. The number of ether oxygens (including phenoxy) is 1. The highest BCUT2D eigenvalue weighted by Crippen LogP contribution is 2.18. The maximum Gasteiger partial charge on any atom is 0.331 e. The molecule has 0 aliphatic heterocycles. The van der Waals surface area contributed by atoms with Crippen LogP contribution in [0.1, 0.15) is 37.0 Å². The van der Waals surface area contributed by atoms with Gasteiger partial charge in [0.1, 0.15) is 10.7 Å². The van der Waals surface area contributed by atoms with E-state index in [0.29, 0.717) is 12.8 Å². The molecule has 0 aliphatic rings. The Morgan fingerprint density at radius 3 is 2.40 bits per heavy atom. The van der Waals surface area contributed by atoms with E-state index < -0.39 is 23.0 Å². The molecule has 1 heterocycles. The molecule has 0 atom stereocenters. The van der Waals surface area contributed by atoms with Crippen molar-refractivity contribution < 1.29 is 14.3 Å². The summed E-state index contributed by atoms with van der Waals surface area (Å²) < 4.78 is 4.73. The maximum atomic E-state index is 12.2. The topological polar surface area (TPSA) is 88.3 Å². The number of hydrogen-bond donors (Lipinski definition) is 2. The Kier molecular flexibility index (Phi) is 5.33. The van der Waals surface area contributed by atoms with Crippen LogP contribution in [0.4, 0.5) is 0 Å². The average Bonchev–Trinajstić information content (AvgIpc) is 2.42. The lowest BCUT2D eigenvalue weighted by Gasteiger charge is -2.29. The number of carbonyl (C=O) groups is 2. The molecule has 0 radical (unpaired) electrons. The molecule has 0 unspecified atom stereocenters. The minimum atomic E-state index is -1.11. The summed E-state index contributed by atoms with van der Waals surface area (Å²) in [6, 6.07) is 2.44. The molecule has 110 valence electrons. The standard InChI is InChI=1S/C13H17ClN2O4/c1-4-13(5-2,12(19)20-3)16-11(18)8-6-9(14)15-10(17)7-8/h6-7H,4-5H2,1-3H3,(H,15,17)(H,16,18). The number of aromatic amines is 1. The number of halogens is 1. The van der Waals surface area contributed by atoms with Crippen LogP contribution in [-0.4, -0.2) is 29.5 Å². The van der Waals surface area contributed by atoms with Crippen LogP contribution in [0.25, 0.3) is 0 Å². The number of H-pyrrole nitrogens is 1. The van der Waals surface area contributed by atoms with Gasteiger partial charge in [-0.3, -0.25) is 9.59 Å². The monoisotopic (exact) mass is 300 g/mol. The van der Waals surface area contributed by atoms with E-state index in [-0.39, 0.29) is 10.7 Å². The fourth-order valence-corrected chi connectivity index (χ4v) is 2.10. The van der Waals surface area contributed by atoms with Crippen LogP contribution in [-0.2, 0) is 9.53 Å². The zero-order valence-corrected chi connectivity index (χ0v) is 12.3. The lowest BCUT2D eigenvalue weighted by atomic mass is 9.92. The van der Waals surface area contributed by atoms with E-state index in [1.165, 1.54) is 13.2 Å². The number of pyridine rings is 1. The molecular formula is C13H17ClN2O4. The zero-order valence-electron chi connectivity index (χ0n) is 11.6. The van der Waals surface area contributed by atoms with Crippen molar-refractivity contribution in [2.75, 3.05) is 7.11 Å². The molecule has 0 fully saturated rings. The summed E-state index contributed by atoms with van der Waals surface area (Å²) in [6.45, 7) is 3.54. The Morgan fingerprint density at radius 1 is 1.35 bits per heavy atom. The second-order valence-electron chi connectivity index (χ2n) is 4.32. The van der Waals surface area contributed by atoms with Crippen molar-refractivity contribution in [2.45, 2.75) is 32.2 Å². The lowest BCUT2D eigenvalue weighted by Crippen LogP contribution is -2.54. The van der Waals surface area contributed by atoms with Gasteiger partial charge >= 0.3 is 5.97 Å². The van der Waals surface area contributed by atoms with Gasteiger partial charge in [-0.2, -0.15) is 0 Å². The first kappa shape index (κ1) is 16.2. The van der Waals surface area contributed by atoms with E-state index in [2.05, 4.69) is 10.3 Å². The summed E-state index contributed by atoms with van der Waals surface area (Å²) in [6.07, 6.45) is 0.748. The van der Waals surface area contributed by atoms with E-state index in [9.17, 15) is 14.4 Å². The van der Waals surface area contributed by atoms with Crippen LogP contribution >= 0.6 is 11.6 Å². The first-order valence-corrected chi connectivity index (χ1v) is 6.57. The van der Waals surface area contributed by atoms with Gasteiger partial charge in [-0.25, -0.2) is 4.79 Å². The number of aromatic nitrogens is 1. The second kappa shape index (κ2) is 6.56. The number of amides is 1. The van der Waals surface area contributed by atoms with Crippen LogP contribution in [0, 0.1) is 0 Å². The highest BCUT2D eigenvalue weighted by atomic mass is 35.5. The van der Waals surface area contributed by atoms with Gasteiger partial charge in [-0.05, 0) is 18.9 Å². The highest BCUT2D eigenvalue weighted by Gasteiger charge is 2.37. The van der Waals surface area contributed by atoms with Gasteiger partial charge in [0, 0.05) is 11.6 Å². The van der Waals surface area contributed by atoms with Crippen molar-refractivity contribution in [3.8, 4) is 0 Å². The number of rotatable bonds is 5. The van der Waals surface area contributed by atoms with E-state index in [1.54, 1.807) is 13.8 Å². The first-order valence-electron chi connectivity index (χ1n) is 6.19. The first-order chi connectivity index (χ1) is 9.38. The number of methoxy groups -OCH3 is 1. The number of carbonyl (C=O) groups excluding carboxylic acids is 2. The third-order valence-corrected chi connectivity index (χ3v) is 3.41. The molecule has 0 aliphatic carbocycles. The zero-order chi connectivity index (χ0) is 15.3. The van der Waals surface area contributed by atoms with Crippen LogP contribution in [0.15, 0.2) is 16.9 Å². The van der Waals surface area contributed by atoms with Crippen LogP contribution in [0.3, 0.4) is 0 Å². The summed E-state index contributed by atoms with van der Waals surface area (Å²) in [4.78, 5) is 37.7. The Labute approximate surface area is 121 Å². The van der Waals surface area contributed by atoms with Gasteiger partial charge in [0.15, 0.2) is 0 Å². The fraction of sp³-hybridized carbons (Fsp3) is 0.462. The van der Waals surface area contributed by atoms with Gasteiger partial charge in [0.2, 0.25) is 5.56 Å². The quantitative estimate of drug-likeness (QED) is 0.637. The fourth-order valence-electron chi connectivity index (χ4n) is 1.89. The van der Waals surface area contributed by atoms with Crippen molar-refractivity contribution in [1.29, 1.82) is 0 Å². The molecule has 1 aromatic rings. The molecule has 0 saturated heterocycles. The summed E-state index contributed by atoms with van der Waals surface area (Å²) in [7, 11) is 1.26. The van der Waals surface area contributed by atoms with Crippen LogP contribution < -0.4 is 10.9 Å². The molecule has 1 aromatic heterocycles. The molecule has 0 saturated carbocycles. The average molecular weight is 301 g/mol. The molecule has 7 heteroatoms. The van der Waals surface area contributed by atoms with Gasteiger partial charge in [-0.15, -0.1) is 0 Å². The number of esters is 1. The lowest BCUT2D eigenvalue weighted by molar-refractivity contribution is -0.148. The van der Waals surface area contributed by atoms with Crippen molar-refractivity contribution in [3.05, 3.63) is 33.2 Å². The SMILES string of the molecule is CCC(CC)(NC(=O)c1cc(Cl)[nH]c(=O)c1)C(=O)OC. The smallest absolute Gasteiger partial charge is 0.331 e. The number of hydrogen-bond acceptors (Lipinski definition) is 4. The minimum absolute atomic E-state index is 0.0549. The van der Waals surface area contributed by atoms with Crippen molar-refractivity contribution in [1.82, 2.24) is 10.3 Å². The molecule has 2 N–H and O–H groups in total. The maximum absolute atomic E-state index is 12.2. The Balaban J connectivity index is 3.08. The summed E-state index contributed by atoms with van der Waals surface area (Å²) in [5.41, 5.74) is -1.51. The molecule has 6 nitrogen and oxygen atoms in total. The Hall–Kier alpha value is -1.82. The summed E-state index contributed by atoms with van der Waals surface area (Å²) in [5, 5.41) is 2.68. The molecule has 0 spiro atoms. The van der Waals surface area contributed by atoms with Crippen LogP contribution in [0.2, 0.25) is 5.15 Å². The van der Waals surface area contributed by atoms with E-state index in [1.807, 2.05) is 0 Å². The third kappa shape index (κ3) is 3.39. The summed E-state index contributed by atoms with van der Waals surface area (Å²) in [5.74, 6) is -1.07. The van der Waals surface area contributed by atoms with Gasteiger partial charge < -0.3 is 15.0 Å². The predicted molar refractivity (Wildman–Crippen MR) is 74.9 cm³/mol. The molecular weight excluding hydrogens is 284 g/mol. The molecule has 0 bridgehead atoms. The second-order valence-corrected chi connectivity index (χ2v) is 4.72. The number of nitrogens with one attached hydrogen (secondary N) is 2. The molecule has 1 amide bonds. The summed E-state index contributed by atoms with van der Waals surface area (Å²) >= 11 is 5.70. The van der Waals surface area contributed by atoms with E-state index in [0.717, 1.165) is 6.07 Å². The van der Waals surface area contributed by atoms with Gasteiger partial charge in [-0.1, -0.05) is 25.4 Å². The molecule has 1 rings (SSSR count). The Morgan fingerprint density at radius 2 is 1.95 bits per heavy atom. The van der Waals surface area contributed by atoms with Crippen molar-refractivity contribution in [3.63, 3.8) is 0 Å². The van der Waals surface area contributed by atoms with Gasteiger partial charge in [0.05, 0.1) is 7.11 Å². The third-order valence-electron chi connectivity index (χ3n) is 3.21. The Bertz CT molecular complexity index is 564. The van der Waals surface area contributed by atoms with Crippen molar-refractivity contribution >= 4 is 23.5 Å². The molecule has 20 heavy (non-hydrogen) atoms. The minimum Gasteiger partial charge on any atom is -0.467 e. The van der Waals surface area contributed by atoms with E-state index in [4.69, 9.17) is 16.3 Å². The van der Waals surface area contributed by atoms with Crippen LogP contribution in [0.5, 0.6) is 0 Å². The van der Waals surface area contributed by atoms with E-state index >= 15 is 0 Å². The van der Waals surface area contributed by atoms with Crippen molar-refractivity contribution in [2.24, 2.45) is 0 Å².